The van der Waals surface area contributed by atoms with Crippen molar-refractivity contribution in [3.63, 3.8) is 0 Å². The van der Waals surface area contributed by atoms with Gasteiger partial charge in [0, 0.05) is 12.2 Å². The summed E-state index contributed by atoms with van der Waals surface area (Å²) in [5.41, 5.74) is 0. The average Bonchev–Trinajstić information content (AvgIpc) is 3.32. The molecule has 6 atom stereocenters. The lowest BCUT2D eigenvalue weighted by Gasteiger charge is -2.11. The highest BCUT2D eigenvalue weighted by Gasteiger charge is 2.53. The van der Waals surface area contributed by atoms with Gasteiger partial charge in [-0.1, -0.05) is 0 Å². The van der Waals surface area contributed by atoms with Crippen LogP contribution in [0.5, 0.6) is 0 Å². The maximum Gasteiger partial charge on any atom is 0.331 e. The van der Waals surface area contributed by atoms with Crippen molar-refractivity contribution in [1.82, 2.24) is 0 Å². The Balaban J connectivity index is 1.23. The number of fused-ring (bicyclic) bond motifs is 2. The van der Waals surface area contributed by atoms with Crippen LogP contribution in [0, 0.1) is 0 Å². The third kappa shape index (κ3) is 2.33. The first-order chi connectivity index (χ1) is 9.70. The van der Waals surface area contributed by atoms with Crippen molar-refractivity contribution in [2.75, 3.05) is 0 Å². The van der Waals surface area contributed by atoms with Crippen LogP contribution in [0.1, 0.15) is 25.7 Å². The molecule has 4 aliphatic rings. The number of ether oxygens (including phenoxy) is 4. The minimum Gasteiger partial charge on any atom is -0.456 e. The second-order valence-corrected chi connectivity index (χ2v) is 5.72. The van der Waals surface area contributed by atoms with E-state index in [9.17, 15) is 9.59 Å². The lowest BCUT2D eigenvalue weighted by atomic mass is 10.3. The average molecular weight is 280 g/mol. The van der Waals surface area contributed by atoms with Crippen molar-refractivity contribution in [2.24, 2.45) is 0 Å². The summed E-state index contributed by atoms with van der Waals surface area (Å²) < 4.78 is 21.0. The molecule has 6 heteroatoms. The Bertz CT molecular complexity index is 430. The minimum atomic E-state index is -0.518. The van der Waals surface area contributed by atoms with Crippen LogP contribution in [-0.2, 0) is 28.5 Å². The molecule has 108 valence electrons. The first kappa shape index (κ1) is 12.3. The van der Waals surface area contributed by atoms with Gasteiger partial charge >= 0.3 is 11.9 Å². The Labute approximate surface area is 116 Å². The molecule has 4 rings (SSSR count). The number of hydrogen-bond donors (Lipinski definition) is 0. The molecule has 0 radical (unpaired) electrons. The highest BCUT2D eigenvalue weighted by atomic mass is 16.6. The van der Waals surface area contributed by atoms with Crippen molar-refractivity contribution in [2.45, 2.75) is 62.3 Å². The lowest BCUT2D eigenvalue weighted by Crippen LogP contribution is -2.21. The van der Waals surface area contributed by atoms with E-state index in [-0.39, 0.29) is 36.6 Å². The van der Waals surface area contributed by atoms with E-state index in [4.69, 9.17) is 18.9 Å². The maximum atomic E-state index is 11.6. The quantitative estimate of drug-likeness (QED) is 0.423. The zero-order valence-corrected chi connectivity index (χ0v) is 10.9. The van der Waals surface area contributed by atoms with Crippen LogP contribution >= 0.6 is 0 Å². The van der Waals surface area contributed by atoms with Crippen molar-refractivity contribution in [3.05, 3.63) is 12.2 Å². The van der Waals surface area contributed by atoms with Gasteiger partial charge in [-0.3, -0.25) is 0 Å². The minimum absolute atomic E-state index is 0.0711. The molecule has 0 N–H and O–H groups in total. The van der Waals surface area contributed by atoms with Crippen molar-refractivity contribution >= 4 is 11.9 Å². The van der Waals surface area contributed by atoms with Crippen LogP contribution in [0.25, 0.3) is 0 Å². The molecule has 2 aliphatic heterocycles. The van der Waals surface area contributed by atoms with Gasteiger partial charge in [-0.2, -0.15) is 0 Å². The van der Waals surface area contributed by atoms with Gasteiger partial charge < -0.3 is 18.9 Å². The molecule has 0 aromatic carbocycles. The first-order valence-corrected chi connectivity index (χ1v) is 7.11. The molecule has 2 saturated carbocycles. The molecule has 20 heavy (non-hydrogen) atoms. The maximum absolute atomic E-state index is 11.6. The van der Waals surface area contributed by atoms with Crippen molar-refractivity contribution < 1.29 is 28.5 Å². The molecule has 4 fully saturated rings. The summed E-state index contributed by atoms with van der Waals surface area (Å²) >= 11 is 0. The fourth-order valence-electron chi connectivity index (χ4n) is 3.18. The molecule has 0 spiro atoms. The van der Waals surface area contributed by atoms with Crippen LogP contribution in [0.15, 0.2) is 12.2 Å². The van der Waals surface area contributed by atoms with Gasteiger partial charge in [0.05, 0.1) is 12.2 Å². The summed E-state index contributed by atoms with van der Waals surface area (Å²) in [6.07, 6.45) is 6.17. The Morgan fingerprint density at radius 3 is 1.55 bits per heavy atom. The van der Waals surface area contributed by atoms with E-state index in [1.54, 1.807) is 0 Å². The highest BCUT2D eigenvalue weighted by molar-refractivity contribution is 5.91. The Hall–Kier alpha value is -1.40. The van der Waals surface area contributed by atoms with Crippen LogP contribution < -0.4 is 0 Å². The molecule has 0 amide bonds. The third-order valence-corrected chi connectivity index (χ3v) is 4.34. The molecule has 6 unspecified atom stereocenters. The van der Waals surface area contributed by atoms with E-state index in [0.717, 1.165) is 37.8 Å². The summed E-state index contributed by atoms with van der Waals surface area (Å²) in [7, 11) is 0. The predicted molar refractivity (Wildman–Crippen MR) is 64.7 cm³/mol. The summed E-state index contributed by atoms with van der Waals surface area (Å²) in [5.74, 6) is -1.04. The van der Waals surface area contributed by atoms with Crippen LogP contribution in [0.4, 0.5) is 0 Å². The van der Waals surface area contributed by atoms with Gasteiger partial charge in [-0.05, 0) is 25.7 Å². The fraction of sp³-hybridized carbons (Fsp3) is 0.714. The second kappa shape index (κ2) is 4.56. The normalized spacial score (nSPS) is 44.0. The lowest BCUT2D eigenvalue weighted by molar-refractivity contribution is -0.147. The fourth-order valence-corrected chi connectivity index (χ4v) is 3.18. The van der Waals surface area contributed by atoms with Gasteiger partial charge in [0.25, 0.3) is 0 Å². The van der Waals surface area contributed by atoms with Gasteiger partial charge in [-0.15, -0.1) is 0 Å². The van der Waals surface area contributed by atoms with E-state index in [1.165, 1.54) is 0 Å². The number of epoxide rings is 2. The topological polar surface area (TPSA) is 77.7 Å². The SMILES string of the molecule is O=C(C=CC(=O)OC1CCC2OC12)OC1CCC2OC12. The first-order valence-electron chi connectivity index (χ1n) is 7.11. The number of hydrogen-bond acceptors (Lipinski definition) is 6. The summed E-state index contributed by atoms with van der Waals surface area (Å²) in [6, 6.07) is 0. The molecule has 2 saturated heterocycles. The Morgan fingerprint density at radius 2 is 1.25 bits per heavy atom. The van der Waals surface area contributed by atoms with E-state index >= 15 is 0 Å². The van der Waals surface area contributed by atoms with Gasteiger partial charge in [0.2, 0.25) is 0 Å². The van der Waals surface area contributed by atoms with Crippen molar-refractivity contribution in [3.8, 4) is 0 Å². The molecule has 6 nitrogen and oxygen atoms in total. The molecule has 0 aromatic rings. The number of carbonyl (C=O) groups excluding carboxylic acids is 2. The van der Waals surface area contributed by atoms with Gasteiger partial charge in [-0.25, -0.2) is 9.59 Å². The number of carbonyl (C=O) groups is 2. The summed E-state index contributed by atoms with van der Waals surface area (Å²) in [4.78, 5) is 23.2. The number of esters is 2. The van der Waals surface area contributed by atoms with E-state index in [2.05, 4.69) is 0 Å². The molecular formula is C14H16O6. The van der Waals surface area contributed by atoms with E-state index < -0.39 is 11.9 Å². The molecule has 0 bridgehead atoms. The standard InChI is InChI=1S/C14H16O6/c15-11(17-7-1-3-9-13(7)19-9)5-6-12(16)18-8-2-4-10-14(8)20-10/h5-10,13-14H,1-4H2. The van der Waals surface area contributed by atoms with E-state index in [0.29, 0.717) is 0 Å². The van der Waals surface area contributed by atoms with Crippen LogP contribution in [0.2, 0.25) is 0 Å². The second-order valence-electron chi connectivity index (χ2n) is 5.72. The third-order valence-electron chi connectivity index (χ3n) is 4.34. The van der Waals surface area contributed by atoms with Gasteiger partial charge in [0.1, 0.15) is 24.4 Å². The Morgan fingerprint density at radius 1 is 0.800 bits per heavy atom. The zero-order chi connectivity index (χ0) is 13.7. The summed E-state index contributed by atoms with van der Waals surface area (Å²) in [5, 5.41) is 0. The smallest absolute Gasteiger partial charge is 0.331 e. The van der Waals surface area contributed by atoms with Crippen LogP contribution in [0.3, 0.4) is 0 Å². The molecular weight excluding hydrogens is 264 g/mol. The van der Waals surface area contributed by atoms with Crippen LogP contribution in [-0.4, -0.2) is 48.6 Å². The summed E-state index contributed by atoms with van der Waals surface area (Å²) in [6.45, 7) is 0. The van der Waals surface area contributed by atoms with Crippen molar-refractivity contribution in [1.29, 1.82) is 0 Å². The molecule has 0 aromatic heterocycles. The monoisotopic (exact) mass is 280 g/mol. The predicted octanol–water partition coefficient (Wildman–Crippen LogP) is 0.489. The highest BCUT2D eigenvalue weighted by Crippen LogP contribution is 2.41. The van der Waals surface area contributed by atoms with Gasteiger partial charge in [0.15, 0.2) is 0 Å². The molecule has 2 heterocycles. The zero-order valence-electron chi connectivity index (χ0n) is 10.9. The largest absolute Gasteiger partial charge is 0.456 e. The molecule has 2 aliphatic carbocycles. The Kier molecular flexibility index (Phi) is 2.82. The van der Waals surface area contributed by atoms with E-state index in [1.807, 2.05) is 0 Å². The number of rotatable bonds is 4.